The maximum atomic E-state index is 12.7. The lowest BCUT2D eigenvalue weighted by molar-refractivity contribution is -0.173. The predicted octanol–water partition coefficient (Wildman–Crippen LogP) is 5.06. The minimum absolute atomic E-state index is 0.0290. The van der Waals surface area contributed by atoms with Gasteiger partial charge in [-0.05, 0) is 12.8 Å². The van der Waals surface area contributed by atoms with Crippen molar-refractivity contribution < 1.29 is 85.7 Å². The van der Waals surface area contributed by atoms with E-state index in [0.29, 0.717) is 49.4 Å². The summed E-state index contributed by atoms with van der Waals surface area (Å²) in [4.78, 5) is 98.3. The van der Waals surface area contributed by atoms with Crippen LogP contribution in [-0.2, 0) is 85.7 Å². The van der Waals surface area contributed by atoms with Gasteiger partial charge in [-0.25, -0.2) is 0 Å². The lowest BCUT2D eigenvalue weighted by Crippen LogP contribution is -2.44. The molecule has 0 rings (SSSR count). The fraction of sp³-hybridized carbons (Fsp3) is 0.818. The zero-order valence-electron chi connectivity index (χ0n) is 39.9. The van der Waals surface area contributed by atoms with E-state index < -0.39 is 58.6 Å². The van der Waals surface area contributed by atoms with Crippen LogP contribution < -0.4 is 0 Å². The minimum Gasteiger partial charge on any atom is -0.465 e. The number of thiol groups is 6. The molecule has 0 atom stereocenters. The Bertz CT molecular complexity index is 1260. The van der Waals surface area contributed by atoms with Gasteiger partial charge in [-0.1, -0.05) is 12.8 Å². The van der Waals surface area contributed by atoms with Crippen LogP contribution in [0.2, 0.25) is 0 Å². The van der Waals surface area contributed by atoms with Crippen LogP contribution in [0.3, 0.4) is 0 Å². The van der Waals surface area contributed by atoms with Crippen molar-refractivity contribution >= 4 is 147 Å². The van der Waals surface area contributed by atoms with E-state index in [1.165, 1.54) is 23.5 Å². The van der Waals surface area contributed by atoms with E-state index in [4.69, 9.17) is 47.4 Å². The Morgan fingerprint density at radius 3 is 0.714 bits per heavy atom. The second-order valence-corrected chi connectivity index (χ2v) is 20.6. The molecule has 0 saturated carbocycles. The molecule has 0 aromatic heterocycles. The summed E-state index contributed by atoms with van der Waals surface area (Å²) in [5.74, 6) is -0.579. The van der Waals surface area contributed by atoms with Crippen LogP contribution in [0, 0.1) is 10.8 Å². The van der Waals surface area contributed by atoms with Crippen LogP contribution in [-0.4, -0.2) is 185 Å². The molecule has 0 saturated heterocycles. The van der Waals surface area contributed by atoms with E-state index in [-0.39, 0.29) is 139 Å². The second kappa shape index (κ2) is 46.0. The van der Waals surface area contributed by atoms with Crippen molar-refractivity contribution in [2.24, 2.45) is 10.8 Å². The molecule has 18 nitrogen and oxygen atoms in total. The van der Waals surface area contributed by atoms with Crippen LogP contribution in [0.15, 0.2) is 0 Å². The number of carbonyl (C=O) groups is 8. The van der Waals surface area contributed by atoms with E-state index in [1.807, 2.05) is 0 Å². The van der Waals surface area contributed by atoms with Gasteiger partial charge in [-0.2, -0.15) is 99.3 Å². The highest BCUT2D eigenvalue weighted by molar-refractivity contribution is 7.99. The molecule has 0 bridgehead atoms. The molecule has 0 aliphatic rings. The lowest BCUT2D eigenvalue weighted by Gasteiger charge is -2.31. The van der Waals surface area contributed by atoms with Crippen LogP contribution in [0.1, 0.15) is 77.0 Å². The predicted molar refractivity (Wildman–Crippen MR) is 287 cm³/mol. The summed E-state index contributed by atoms with van der Waals surface area (Å²) in [6.07, 6.45) is 4.11. The first-order valence-corrected chi connectivity index (χ1v) is 29.0. The number of thioether (sulfide) groups is 2. The average molecular weight is 1150 g/mol. The molecule has 406 valence electrons. The van der Waals surface area contributed by atoms with Gasteiger partial charge in [0.1, 0.15) is 63.7 Å². The molecule has 0 radical (unpaired) electrons. The van der Waals surface area contributed by atoms with E-state index >= 15 is 0 Å². The van der Waals surface area contributed by atoms with Crippen LogP contribution in [0.25, 0.3) is 0 Å². The summed E-state index contributed by atoms with van der Waals surface area (Å²) >= 11 is 27.3. The zero-order chi connectivity index (χ0) is 52.1. The first-order chi connectivity index (χ1) is 33.7. The third-order valence-corrected chi connectivity index (χ3v) is 12.4. The SMILES string of the molecule is O=C(CCS)OCC(COC(=O)CCS)(COC(=O)CCS)COC(=O)CCSCCOCCCCCCOCCSCCC(=O)OCC(COC(=O)CCS)(COC(=O)CCS)COC(=O)CCS. The van der Waals surface area contributed by atoms with Gasteiger partial charge in [0.05, 0.1) is 64.6 Å². The van der Waals surface area contributed by atoms with Crippen molar-refractivity contribution in [1.29, 1.82) is 0 Å². The van der Waals surface area contributed by atoms with Crippen molar-refractivity contribution in [2.75, 3.05) is 137 Å². The molecular weight excluding hydrogens is 1070 g/mol. The van der Waals surface area contributed by atoms with Crippen molar-refractivity contribution in [3.8, 4) is 0 Å². The summed E-state index contributed by atoms with van der Waals surface area (Å²) in [7, 11) is 0. The fourth-order valence-corrected chi connectivity index (χ4v) is 7.81. The quantitative estimate of drug-likeness (QED) is 0.0202. The van der Waals surface area contributed by atoms with Crippen molar-refractivity contribution in [3.05, 3.63) is 0 Å². The Kier molecular flexibility index (Phi) is 45.0. The van der Waals surface area contributed by atoms with Crippen LogP contribution in [0.5, 0.6) is 0 Å². The van der Waals surface area contributed by atoms with Gasteiger partial charge in [0.15, 0.2) is 0 Å². The Morgan fingerprint density at radius 1 is 0.286 bits per heavy atom. The molecular formula is C44H74O18S8. The number of rotatable bonds is 47. The molecule has 0 amide bonds. The highest BCUT2D eigenvalue weighted by Gasteiger charge is 2.39. The summed E-state index contributed by atoms with van der Waals surface area (Å²) in [6.45, 7) is -0.340. The summed E-state index contributed by atoms with van der Waals surface area (Å²) < 4.78 is 54.7. The molecule has 0 aliphatic heterocycles. The van der Waals surface area contributed by atoms with Gasteiger partial charge in [-0.15, -0.1) is 0 Å². The van der Waals surface area contributed by atoms with Gasteiger partial charge in [0.25, 0.3) is 0 Å². The molecule has 0 fully saturated rings. The largest absolute Gasteiger partial charge is 0.465 e. The monoisotopic (exact) mass is 1150 g/mol. The van der Waals surface area contributed by atoms with Gasteiger partial charge in [-0.3, -0.25) is 38.4 Å². The van der Waals surface area contributed by atoms with Gasteiger partial charge in [0.2, 0.25) is 0 Å². The van der Waals surface area contributed by atoms with Crippen molar-refractivity contribution in [2.45, 2.75) is 77.0 Å². The highest BCUT2D eigenvalue weighted by Crippen LogP contribution is 2.24. The molecule has 0 aromatic rings. The van der Waals surface area contributed by atoms with Gasteiger partial charge in [0, 0.05) is 70.7 Å². The molecule has 70 heavy (non-hydrogen) atoms. The van der Waals surface area contributed by atoms with E-state index in [1.54, 1.807) is 0 Å². The lowest BCUT2D eigenvalue weighted by atomic mass is 9.92. The summed E-state index contributed by atoms with van der Waals surface area (Å²) in [5.41, 5.74) is -2.65. The number of hydrogen-bond acceptors (Lipinski definition) is 26. The Balaban J connectivity index is 4.46. The third-order valence-electron chi connectivity index (χ3n) is 9.18. The third kappa shape index (κ3) is 39.0. The van der Waals surface area contributed by atoms with E-state index in [9.17, 15) is 38.4 Å². The van der Waals surface area contributed by atoms with Gasteiger partial charge < -0.3 is 47.4 Å². The Hall–Kier alpha value is -1.52. The average Bonchev–Trinajstić information content (AvgIpc) is 3.33. The van der Waals surface area contributed by atoms with Crippen molar-refractivity contribution in [1.82, 2.24) is 0 Å². The molecule has 0 unspecified atom stereocenters. The smallest absolute Gasteiger partial charge is 0.306 e. The normalized spacial score (nSPS) is 11.3. The maximum absolute atomic E-state index is 12.7. The standard InChI is InChI=1S/C44H74O18S8/c45-35(5-17-63)55-27-43(28-56-36(46)6-18-64,29-57-37(47)7-19-65)33-61-41(51)11-23-69-25-15-53-13-3-1-2-4-14-54-16-26-70-24-12-42(52)62-34-44(30-58-38(48)8-20-66,31-59-39(49)9-21-67)32-60-40(50)10-22-68/h63-68H,1-34H2. The van der Waals surface area contributed by atoms with Crippen LogP contribution in [0.4, 0.5) is 0 Å². The minimum atomic E-state index is -1.33. The fourth-order valence-electron chi connectivity index (χ4n) is 5.21. The van der Waals surface area contributed by atoms with E-state index in [2.05, 4.69) is 75.8 Å². The summed E-state index contributed by atoms with van der Waals surface area (Å²) in [5, 5.41) is 0. The maximum Gasteiger partial charge on any atom is 0.306 e. The number of hydrogen-bond donors (Lipinski definition) is 6. The molecule has 0 aromatic carbocycles. The van der Waals surface area contributed by atoms with E-state index in [0.717, 1.165) is 25.7 Å². The number of esters is 8. The summed E-state index contributed by atoms with van der Waals surface area (Å²) in [6, 6.07) is 0. The molecule has 0 N–H and O–H groups in total. The first kappa shape index (κ1) is 68.5. The Labute approximate surface area is 454 Å². The van der Waals surface area contributed by atoms with Crippen molar-refractivity contribution in [3.63, 3.8) is 0 Å². The van der Waals surface area contributed by atoms with Gasteiger partial charge >= 0.3 is 47.8 Å². The molecule has 0 heterocycles. The Morgan fingerprint density at radius 2 is 0.500 bits per heavy atom. The number of carbonyl (C=O) groups excluding carboxylic acids is 8. The topological polar surface area (TPSA) is 229 Å². The highest BCUT2D eigenvalue weighted by atomic mass is 32.2. The zero-order valence-corrected chi connectivity index (χ0v) is 46.9. The number of ether oxygens (including phenoxy) is 10. The second-order valence-electron chi connectivity index (χ2n) is 15.5. The number of unbranched alkanes of at least 4 members (excludes halogenated alkanes) is 3. The molecule has 0 spiro atoms. The molecule has 0 aliphatic carbocycles. The van der Waals surface area contributed by atoms with Crippen LogP contribution >= 0.6 is 99.3 Å². The first-order valence-electron chi connectivity index (χ1n) is 22.9. The molecule has 26 heteroatoms.